The number of ether oxygens (including phenoxy) is 1. The Balaban J connectivity index is 2.07. The summed E-state index contributed by atoms with van der Waals surface area (Å²) in [5.41, 5.74) is -5.33. The van der Waals surface area contributed by atoms with Crippen LogP contribution in [-0.2, 0) is 14.3 Å². The SMILES string of the molecule is CCCCCCCC(=O)O[C@]1(C)CC(C)C23C=C(C)[C@H](O)C2(O)C(O)C(CO)=CC(C3=O)C1(C)C. The maximum atomic E-state index is 14.3. The molecule has 7 heteroatoms. The summed E-state index contributed by atoms with van der Waals surface area (Å²) in [6.45, 7) is 10.6. The van der Waals surface area contributed by atoms with Gasteiger partial charge in [0.15, 0.2) is 5.78 Å². The van der Waals surface area contributed by atoms with Gasteiger partial charge in [-0.3, -0.25) is 9.59 Å². The van der Waals surface area contributed by atoms with E-state index in [4.69, 9.17) is 4.74 Å². The second kappa shape index (κ2) is 9.73. The van der Waals surface area contributed by atoms with Gasteiger partial charge in [0.2, 0.25) is 0 Å². The van der Waals surface area contributed by atoms with Crippen molar-refractivity contribution in [3.63, 3.8) is 0 Å². The van der Waals surface area contributed by atoms with Crippen molar-refractivity contribution in [2.24, 2.45) is 22.7 Å². The number of hydrogen-bond donors (Lipinski definition) is 4. The number of fused-ring (bicyclic) bond motifs is 1. The highest BCUT2D eigenvalue weighted by atomic mass is 16.6. The quantitative estimate of drug-likeness (QED) is 0.233. The molecule has 0 aromatic carbocycles. The molecule has 4 N–H and O–H groups in total. The molecule has 3 aliphatic carbocycles. The largest absolute Gasteiger partial charge is 0.459 e. The monoisotopic (exact) mass is 492 g/mol. The number of aliphatic hydroxyl groups is 4. The molecule has 3 rings (SSSR count). The zero-order valence-corrected chi connectivity index (χ0v) is 22.1. The lowest BCUT2D eigenvalue weighted by molar-refractivity contribution is -0.191. The van der Waals surface area contributed by atoms with Crippen LogP contribution in [0.25, 0.3) is 0 Å². The smallest absolute Gasteiger partial charge is 0.306 e. The summed E-state index contributed by atoms with van der Waals surface area (Å²) in [5.74, 6) is -2.09. The summed E-state index contributed by atoms with van der Waals surface area (Å²) < 4.78 is 6.17. The van der Waals surface area contributed by atoms with Crippen LogP contribution in [0.15, 0.2) is 23.3 Å². The highest BCUT2D eigenvalue weighted by molar-refractivity contribution is 5.95. The van der Waals surface area contributed by atoms with E-state index in [9.17, 15) is 30.0 Å². The molecule has 0 aromatic rings. The Hall–Kier alpha value is -1.54. The molecule has 7 atom stereocenters. The number of Topliss-reactive ketones (excluding diaryl/α,β-unsaturated/α-hetero) is 1. The maximum absolute atomic E-state index is 14.3. The number of hydrogen-bond acceptors (Lipinski definition) is 7. The van der Waals surface area contributed by atoms with Gasteiger partial charge >= 0.3 is 5.97 Å². The third kappa shape index (κ3) is 4.03. The summed E-state index contributed by atoms with van der Waals surface area (Å²) in [5, 5.41) is 44.3. The van der Waals surface area contributed by atoms with Gasteiger partial charge in [-0.1, -0.05) is 65.5 Å². The third-order valence-corrected chi connectivity index (χ3v) is 9.42. The van der Waals surface area contributed by atoms with E-state index in [-0.39, 0.29) is 23.7 Å². The molecule has 35 heavy (non-hydrogen) atoms. The maximum Gasteiger partial charge on any atom is 0.306 e. The van der Waals surface area contributed by atoms with Gasteiger partial charge in [-0.15, -0.1) is 0 Å². The van der Waals surface area contributed by atoms with Crippen LogP contribution in [0.2, 0.25) is 0 Å². The molecule has 7 nitrogen and oxygen atoms in total. The first-order valence-electron chi connectivity index (χ1n) is 13.1. The second-order valence-corrected chi connectivity index (χ2v) is 11.8. The number of carbonyl (C=O) groups is 2. The Bertz CT molecular complexity index is 905. The Morgan fingerprint density at radius 3 is 2.34 bits per heavy atom. The Morgan fingerprint density at radius 2 is 1.74 bits per heavy atom. The minimum Gasteiger partial charge on any atom is -0.459 e. The summed E-state index contributed by atoms with van der Waals surface area (Å²) in [6.07, 6.45) is 5.62. The molecule has 0 radical (unpaired) electrons. The molecule has 1 fully saturated rings. The van der Waals surface area contributed by atoms with Crippen LogP contribution < -0.4 is 0 Å². The van der Waals surface area contributed by atoms with Gasteiger partial charge in [0.05, 0.1) is 12.0 Å². The lowest BCUT2D eigenvalue weighted by Crippen LogP contribution is -2.65. The number of unbranched alkanes of at least 4 members (excludes halogenated alkanes) is 4. The summed E-state index contributed by atoms with van der Waals surface area (Å²) in [7, 11) is 0. The van der Waals surface area contributed by atoms with Gasteiger partial charge < -0.3 is 25.2 Å². The van der Waals surface area contributed by atoms with E-state index in [2.05, 4.69) is 6.92 Å². The first-order chi connectivity index (χ1) is 16.2. The van der Waals surface area contributed by atoms with Gasteiger partial charge in [-0.2, -0.15) is 0 Å². The summed E-state index contributed by atoms with van der Waals surface area (Å²) >= 11 is 0. The lowest BCUT2D eigenvalue weighted by Gasteiger charge is -2.48. The number of aliphatic hydroxyl groups excluding tert-OH is 3. The topological polar surface area (TPSA) is 124 Å². The number of ketones is 1. The number of allylic oxidation sites excluding steroid dienone is 1. The predicted octanol–water partition coefficient (Wildman–Crippen LogP) is 3.23. The van der Waals surface area contributed by atoms with Crippen molar-refractivity contribution in [3.05, 3.63) is 23.3 Å². The Kier molecular flexibility index (Phi) is 7.79. The van der Waals surface area contributed by atoms with E-state index in [0.29, 0.717) is 12.0 Å². The summed E-state index contributed by atoms with van der Waals surface area (Å²) in [4.78, 5) is 27.3. The molecule has 0 saturated heterocycles. The molecular formula is C28H44O7. The number of carbonyl (C=O) groups excluding carboxylic acids is 2. The van der Waals surface area contributed by atoms with Crippen molar-refractivity contribution in [2.75, 3.05) is 6.61 Å². The van der Waals surface area contributed by atoms with Crippen LogP contribution in [0.1, 0.15) is 86.5 Å². The zero-order valence-electron chi connectivity index (χ0n) is 22.1. The normalized spacial score (nSPS) is 40.3. The minimum absolute atomic E-state index is 0.0849. The minimum atomic E-state index is -2.23. The molecule has 5 unspecified atom stereocenters. The molecule has 2 bridgehead atoms. The third-order valence-electron chi connectivity index (χ3n) is 9.42. The standard InChI is InChI=1S/C28H44O7/c1-7-8-9-10-11-12-21(30)35-26(6)15-18(3)27-14-17(2)22(31)28(27,34)23(32)19(16-29)13-20(24(27)33)25(26,4)5/h13-14,18,20,22-23,29,31-32,34H,7-12,15-16H2,1-6H3/t18?,20?,22-,23?,26+,27?,28?/m0/s1. The van der Waals surface area contributed by atoms with Crippen molar-refractivity contribution in [1.82, 2.24) is 0 Å². The van der Waals surface area contributed by atoms with Crippen molar-refractivity contribution in [1.29, 1.82) is 0 Å². The first-order valence-corrected chi connectivity index (χ1v) is 13.1. The highest BCUT2D eigenvalue weighted by Crippen LogP contribution is 2.63. The molecule has 0 heterocycles. The van der Waals surface area contributed by atoms with Crippen LogP contribution in [0.4, 0.5) is 0 Å². The molecule has 1 spiro atoms. The first kappa shape index (κ1) is 28.0. The van der Waals surface area contributed by atoms with Gasteiger partial charge in [0, 0.05) is 17.8 Å². The molecule has 198 valence electrons. The second-order valence-electron chi connectivity index (χ2n) is 11.8. The molecule has 0 amide bonds. The van der Waals surface area contributed by atoms with Crippen molar-refractivity contribution in [2.45, 2.75) is 110 Å². The van der Waals surface area contributed by atoms with E-state index in [1.54, 1.807) is 19.9 Å². The Morgan fingerprint density at radius 1 is 1.11 bits per heavy atom. The fourth-order valence-electron chi connectivity index (χ4n) is 6.83. The van der Waals surface area contributed by atoms with Crippen LogP contribution in [-0.4, -0.2) is 62.2 Å². The molecule has 3 aliphatic rings. The molecule has 1 saturated carbocycles. The molecule has 0 aromatic heterocycles. The fourth-order valence-corrected chi connectivity index (χ4v) is 6.83. The van der Waals surface area contributed by atoms with E-state index in [1.807, 2.05) is 20.8 Å². The number of esters is 1. The lowest BCUT2D eigenvalue weighted by atomic mass is 9.59. The fraction of sp³-hybridized carbons (Fsp3) is 0.786. The molecular weight excluding hydrogens is 448 g/mol. The van der Waals surface area contributed by atoms with Crippen LogP contribution >= 0.6 is 0 Å². The predicted molar refractivity (Wildman–Crippen MR) is 132 cm³/mol. The van der Waals surface area contributed by atoms with Crippen molar-refractivity contribution < 1.29 is 34.8 Å². The average molecular weight is 493 g/mol. The summed E-state index contributed by atoms with van der Waals surface area (Å²) in [6, 6.07) is 0. The van der Waals surface area contributed by atoms with Crippen LogP contribution in [0.5, 0.6) is 0 Å². The van der Waals surface area contributed by atoms with Gasteiger partial charge in [-0.05, 0) is 43.8 Å². The van der Waals surface area contributed by atoms with E-state index >= 15 is 0 Å². The zero-order chi connectivity index (χ0) is 26.4. The van der Waals surface area contributed by atoms with Crippen LogP contribution in [0, 0.1) is 22.7 Å². The average Bonchev–Trinajstić information content (AvgIpc) is 2.94. The van der Waals surface area contributed by atoms with E-state index < -0.39 is 52.7 Å². The molecule has 0 aliphatic heterocycles. The van der Waals surface area contributed by atoms with Crippen molar-refractivity contribution in [3.8, 4) is 0 Å². The van der Waals surface area contributed by atoms with Gasteiger partial charge in [-0.25, -0.2) is 0 Å². The number of rotatable bonds is 8. The van der Waals surface area contributed by atoms with E-state index in [0.717, 1.165) is 32.1 Å². The van der Waals surface area contributed by atoms with Crippen LogP contribution in [0.3, 0.4) is 0 Å². The highest BCUT2D eigenvalue weighted by Gasteiger charge is 2.73. The van der Waals surface area contributed by atoms with Gasteiger partial charge in [0.1, 0.15) is 23.4 Å². The van der Waals surface area contributed by atoms with Crippen molar-refractivity contribution >= 4 is 11.8 Å². The Labute approximate surface area is 209 Å². The van der Waals surface area contributed by atoms with Gasteiger partial charge in [0.25, 0.3) is 0 Å². The van der Waals surface area contributed by atoms with E-state index in [1.165, 1.54) is 6.08 Å².